The maximum absolute atomic E-state index is 5.08. The molecule has 3 rings (SSSR count). The molecule has 110 valence electrons. The van der Waals surface area contributed by atoms with Crippen LogP contribution in [0.15, 0.2) is 24.5 Å². The summed E-state index contributed by atoms with van der Waals surface area (Å²) in [6, 6.07) is 3.79. The molecule has 7 heteroatoms. The zero-order valence-electron chi connectivity index (χ0n) is 12.2. The lowest BCUT2D eigenvalue weighted by Gasteiger charge is -2.04. The largest absolute Gasteiger partial charge is 0.481 e. The van der Waals surface area contributed by atoms with E-state index in [-0.39, 0.29) is 0 Å². The van der Waals surface area contributed by atoms with Crippen molar-refractivity contribution in [2.75, 3.05) is 19.0 Å². The smallest absolute Gasteiger partial charge is 0.214 e. The van der Waals surface area contributed by atoms with E-state index in [0.717, 1.165) is 27.9 Å². The molecule has 0 aliphatic rings. The molecule has 0 aliphatic carbocycles. The molecule has 3 heterocycles. The fourth-order valence-corrected chi connectivity index (χ4v) is 2.69. The number of nitrogens with one attached hydrogen (secondary N) is 1. The van der Waals surface area contributed by atoms with Gasteiger partial charge in [0.2, 0.25) is 16.0 Å². The van der Waals surface area contributed by atoms with Crippen LogP contribution in [-0.2, 0) is 0 Å². The Morgan fingerprint density at radius 1 is 1.29 bits per heavy atom. The number of aromatic nitrogens is 4. The lowest BCUT2D eigenvalue weighted by molar-refractivity contribution is 0.398. The molecule has 0 saturated heterocycles. The Labute approximate surface area is 126 Å². The van der Waals surface area contributed by atoms with Crippen LogP contribution in [0.2, 0.25) is 0 Å². The molecule has 0 fully saturated rings. The Morgan fingerprint density at radius 3 is 2.81 bits per heavy atom. The van der Waals surface area contributed by atoms with Gasteiger partial charge in [0.25, 0.3) is 0 Å². The maximum Gasteiger partial charge on any atom is 0.214 e. The molecule has 6 nitrogen and oxygen atoms in total. The van der Waals surface area contributed by atoms with E-state index >= 15 is 0 Å². The number of methoxy groups -OCH3 is 1. The van der Waals surface area contributed by atoms with Crippen LogP contribution in [0.25, 0.3) is 16.2 Å². The lowest BCUT2D eigenvalue weighted by atomic mass is 10.2. The standard InChI is InChI=1S/C14H17N5OS/c1-9(2)6-16-13-18-19-11(8-17-14(19)21-13)10-4-5-12(20-3)15-7-10/h4-5,7-9H,6H2,1-3H3,(H,16,18). The van der Waals surface area contributed by atoms with E-state index in [2.05, 4.69) is 34.2 Å². The van der Waals surface area contributed by atoms with Gasteiger partial charge in [-0.3, -0.25) is 0 Å². The molecular formula is C14H17N5OS. The van der Waals surface area contributed by atoms with Crippen LogP contribution in [0.4, 0.5) is 5.13 Å². The number of anilines is 1. The lowest BCUT2D eigenvalue weighted by Crippen LogP contribution is -2.07. The molecule has 0 unspecified atom stereocenters. The molecule has 0 aliphatic heterocycles. The third kappa shape index (κ3) is 2.82. The van der Waals surface area contributed by atoms with Crippen molar-refractivity contribution in [3.63, 3.8) is 0 Å². The van der Waals surface area contributed by atoms with Gasteiger partial charge < -0.3 is 10.1 Å². The average Bonchev–Trinajstić information content (AvgIpc) is 3.05. The summed E-state index contributed by atoms with van der Waals surface area (Å²) in [5.41, 5.74) is 1.89. The van der Waals surface area contributed by atoms with Crippen molar-refractivity contribution in [2.24, 2.45) is 5.92 Å². The molecule has 0 amide bonds. The highest BCUT2D eigenvalue weighted by Crippen LogP contribution is 2.26. The van der Waals surface area contributed by atoms with Gasteiger partial charge in [0, 0.05) is 24.4 Å². The molecule has 0 aromatic carbocycles. The minimum atomic E-state index is 0.575. The molecule has 3 aromatic heterocycles. The highest BCUT2D eigenvalue weighted by molar-refractivity contribution is 7.20. The number of hydrogen-bond acceptors (Lipinski definition) is 6. The Morgan fingerprint density at radius 2 is 2.14 bits per heavy atom. The van der Waals surface area contributed by atoms with Crippen LogP contribution in [0.1, 0.15) is 13.8 Å². The number of rotatable bonds is 5. The van der Waals surface area contributed by atoms with Crippen LogP contribution in [0.3, 0.4) is 0 Å². The third-order valence-corrected chi connectivity index (χ3v) is 3.87. The number of nitrogens with zero attached hydrogens (tertiary/aromatic N) is 4. The summed E-state index contributed by atoms with van der Waals surface area (Å²) in [6.45, 7) is 5.23. The SMILES string of the molecule is COc1ccc(-c2cnc3sc(NCC(C)C)nn23)cn1. The van der Waals surface area contributed by atoms with Crippen molar-refractivity contribution in [1.29, 1.82) is 0 Å². The average molecular weight is 303 g/mol. The number of imidazole rings is 1. The molecule has 0 atom stereocenters. The Balaban J connectivity index is 1.91. The molecule has 1 N–H and O–H groups in total. The van der Waals surface area contributed by atoms with E-state index in [1.165, 1.54) is 0 Å². The quantitative estimate of drug-likeness (QED) is 0.785. The Kier molecular flexibility index (Phi) is 3.74. The molecular weight excluding hydrogens is 286 g/mol. The second kappa shape index (κ2) is 5.69. The van der Waals surface area contributed by atoms with Gasteiger partial charge in [-0.1, -0.05) is 25.2 Å². The van der Waals surface area contributed by atoms with Crippen LogP contribution < -0.4 is 10.1 Å². The van der Waals surface area contributed by atoms with Crippen LogP contribution >= 0.6 is 11.3 Å². The molecule has 0 bridgehead atoms. The second-order valence-electron chi connectivity index (χ2n) is 5.11. The van der Waals surface area contributed by atoms with Crippen molar-refractivity contribution >= 4 is 21.4 Å². The van der Waals surface area contributed by atoms with E-state index < -0.39 is 0 Å². The van der Waals surface area contributed by atoms with Gasteiger partial charge in [0.1, 0.15) is 0 Å². The van der Waals surface area contributed by atoms with Crippen molar-refractivity contribution in [3.05, 3.63) is 24.5 Å². The maximum atomic E-state index is 5.08. The topological polar surface area (TPSA) is 64.3 Å². The highest BCUT2D eigenvalue weighted by Gasteiger charge is 2.12. The monoisotopic (exact) mass is 303 g/mol. The Hall–Kier alpha value is -2.15. The van der Waals surface area contributed by atoms with Gasteiger partial charge in [-0.25, -0.2) is 14.5 Å². The van der Waals surface area contributed by atoms with E-state index in [4.69, 9.17) is 4.74 Å². The fourth-order valence-electron chi connectivity index (χ4n) is 1.90. The summed E-state index contributed by atoms with van der Waals surface area (Å²) in [5.74, 6) is 1.17. The van der Waals surface area contributed by atoms with Gasteiger partial charge in [-0.2, -0.15) is 0 Å². The number of hydrogen-bond donors (Lipinski definition) is 1. The summed E-state index contributed by atoms with van der Waals surface area (Å²) in [7, 11) is 1.60. The summed E-state index contributed by atoms with van der Waals surface area (Å²) in [4.78, 5) is 9.50. The van der Waals surface area contributed by atoms with Gasteiger partial charge in [0.05, 0.1) is 19.0 Å². The summed E-state index contributed by atoms with van der Waals surface area (Å²) in [6.07, 6.45) is 3.58. The minimum absolute atomic E-state index is 0.575. The summed E-state index contributed by atoms with van der Waals surface area (Å²) >= 11 is 1.55. The predicted octanol–water partition coefficient (Wildman–Crippen LogP) is 2.93. The van der Waals surface area contributed by atoms with Gasteiger partial charge in [-0.15, -0.1) is 5.10 Å². The first-order valence-electron chi connectivity index (χ1n) is 6.76. The van der Waals surface area contributed by atoms with E-state index in [1.54, 1.807) is 24.6 Å². The van der Waals surface area contributed by atoms with Crippen LogP contribution in [0, 0.1) is 5.92 Å². The highest BCUT2D eigenvalue weighted by atomic mass is 32.1. The first-order chi connectivity index (χ1) is 10.2. The Bertz CT molecular complexity index is 731. The van der Waals surface area contributed by atoms with Crippen molar-refractivity contribution in [2.45, 2.75) is 13.8 Å². The van der Waals surface area contributed by atoms with Gasteiger partial charge in [-0.05, 0) is 12.0 Å². The van der Waals surface area contributed by atoms with E-state index in [9.17, 15) is 0 Å². The fraction of sp³-hybridized carbons (Fsp3) is 0.357. The molecule has 0 saturated carbocycles. The van der Waals surface area contributed by atoms with Crippen molar-refractivity contribution < 1.29 is 4.74 Å². The third-order valence-electron chi connectivity index (χ3n) is 2.99. The van der Waals surface area contributed by atoms with Gasteiger partial charge in [0.15, 0.2) is 0 Å². The van der Waals surface area contributed by atoms with Crippen LogP contribution in [-0.4, -0.2) is 33.2 Å². The minimum Gasteiger partial charge on any atom is -0.481 e. The number of pyridine rings is 1. The predicted molar refractivity (Wildman–Crippen MR) is 84.0 cm³/mol. The summed E-state index contributed by atoms with van der Waals surface area (Å²) in [5, 5.41) is 8.78. The zero-order chi connectivity index (χ0) is 14.8. The normalized spacial score (nSPS) is 11.2. The first kappa shape index (κ1) is 13.8. The second-order valence-corrected chi connectivity index (χ2v) is 6.06. The summed E-state index contributed by atoms with van der Waals surface area (Å²) < 4.78 is 6.92. The van der Waals surface area contributed by atoms with Crippen molar-refractivity contribution in [3.8, 4) is 17.1 Å². The van der Waals surface area contributed by atoms with Gasteiger partial charge >= 0.3 is 0 Å². The van der Waals surface area contributed by atoms with Crippen LogP contribution in [0.5, 0.6) is 5.88 Å². The molecule has 0 spiro atoms. The molecule has 0 radical (unpaired) electrons. The number of ether oxygens (including phenoxy) is 1. The van der Waals surface area contributed by atoms with Crippen molar-refractivity contribution in [1.82, 2.24) is 19.6 Å². The number of fused-ring (bicyclic) bond motifs is 1. The molecule has 3 aromatic rings. The van der Waals surface area contributed by atoms with E-state index in [1.807, 2.05) is 22.8 Å². The first-order valence-corrected chi connectivity index (χ1v) is 7.58. The zero-order valence-corrected chi connectivity index (χ0v) is 13.0. The molecule has 21 heavy (non-hydrogen) atoms. The van der Waals surface area contributed by atoms with E-state index in [0.29, 0.717) is 11.8 Å².